The van der Waals surface area contributed by atoms with Crippen molar-refractivity contribution in [3.63, 3.8) is 0 Å². The SMILES string of the molecule is O=C(CCc1ccco1)N1CC[C@@H](C2CCN(Cc3cccnc3)CC2)C1. The van der Waals surface area contributed by atoms with Crippen molar-refractivity contribution in [1.29, 1.82) is 0 Å². The zero-order valence-electron chi connectivity index (χ0n) is 15.9. The molecule has 144 valence electrons. The maximum Gasteiger partial charge on any atom is 0.223 e. The molecule has 0 N–H and O–H groups in total. The Labute approximate surface area is 161 Å². The lowest BCUT2D eigenvalue weighted by atomic mass is 9.83. The smallest absolute Gasteiger partial charge is 0.223 e. The summed E-state index contributed by atoms with van der Waals surface area (Å²) in [6.45, 7) is 5.19. The number of carbonyl (C=O) groups excluding carboxylic acids is 1. The molecule has 0 spiro atoms. The summed E-state index contributed by atoms with van der Waals surface area (Å²) in [6, 6.07) is 7.99. The molecule has 2 fully saturated rings. The third kappa shape index (κ3) is 4.78. The van der Waals surface area contributed by atoms with E-state index >= 15 is 0 Å². The lowest BCUT2D eigenvalue weighted by Crippen LogP contribution is -2.37. The van der Waals surface area contributed by atoms with Crippen LogP contribution in [0.4, 0.5) is 0 Å². The number of aromatic nitrogens is 1. The molecule has 2 aromatic heterocycles. The predicted molar refractivity (Wildman–Crippen MR) is 104 cm³/mol. The van der Waals surface area contributed by atoms with Gasteiger partial charge < -0.3 is 9.32 Å². The Morgan fingerprint density at radius 2 is 1.96 bits per heavy atom. The molecular formula is C22H29N3O2. The van der Waals surface area contributed by atoms with E-state index in [2.05, 4.69) is 20.9 Å². The van der Waals surface area contributed by atoms with Crippen LogP contribution in [0.15, 0.2) is 47.3 Å². The molecule has 1 atom stereocenters. The number of furan rings is 1. The van der Waals surface area contributed by atoms with Crippen LogP contribution in [-0.4, -0.2) is 46.9 Å². The van der Waals surface area contributed by atoms with Crippen LogP contribution in [0.2, 0.25) is 0 Å². The first-order valence-electron chi connectivity index (χ1n) is 10.2. The monoisotopic (exact) mass is 367 g/mol. The zero-order valence-corrected chi connectivity index (χ0v) is 15.9. The Morgan fingerprint density at radius 3 is 2.70 bits per heavy atom. The van der Waals surface area contributed by atoms with E-state index in [1.54, 1.807) is 6.26 Å². The number of amides is 1. The first-order valence-corrected chi connectivity index (χ1v) is 10.2. The molecule has 0 aromatic carbocycles. The van der Waals surface area contributed by atoms with E-state index in [-0.39, 0.29) is 5.91 Å². The average molecular weight is 367 g/mol. The summed E-state index contributed by atoms with van der Waals surface area (Å²) in [4.78, 5) is 21.3. The van der Waals surface area contributed by atoms with Gasteiger partial charge in [0.25, 0.3) is 0 Å². The van der Waals surface area contributed by atoms with Crippen molar-refractivity contribution in [2.24, 2.45) is 11.8 Å². The number of piperidine rings is 1. The number of likely N-dealkylation sites (tertiary alicyclic amines) is 2. The van der Waals surface area contributed by atoms with Crippen LogP contribution >= 0.6 is 0 Å². The molecule has 5 nitrogen and oxygen atoms in total. The highest BCUT2D eigenvalue weighted by Gasteiger charge is 2.33. The number of rotatable bonds is 6. The molecule has 0 saturated carbocycles. The number of hydrogen-bond donors (Lipinski definition) is 0. The van der Waals surface area contributed by atoms with Crippen LogP contribution in [0.25, 0.3) is 0 Å². The third-order valence-electron chi connectivity index (χ3n) is 6.17. The first-order chi connectivity index (χ1) is 13.3. The van der Waals surface area contributed by atoms with Crippen molar-refractivity contribution in [2.75, 3.05) is 26.2 Å². The molecule has 4 rings (SSSR count). The van der Waals surface area contributed by atoms with E-state index in [1.807, 2.05) is 30.6 Å². The molecule has 0 aliphatic carbocycles. The lowest BCUT2D eigenvalue weighted by molar-refractivity contribution is -0.130. The van der Waals surface area contributed by atoms with Crippen molar-refractivity contribution in [1.82, 2.24) is 14.8 Å². The third-order valence-corrected chi connectivity index (χ3v) is 6.17. The molecule has 0 radical (unpaired) electrons. The Hall–Kier alpha value is -2.14. The second-order valence-corrected chi connectivity index (χ2v) is 7.94. The minimum atomic E-state index is 0.280. The van der Waals surface area contributed by atoms with Crippen molar-refractivity contribution in [3.05, 3.63) is 54.2 Å². The molecule has 27 heavy (non-hydrogen) atoms. The van der Waals surface area contributed by atoms with Gasteiger partial charge in [-0.25, -0.2) is 0 Å². The zero-order chi connectivity index (χ0) is 18.5. The minimum Gasteiger partial charge on any atom is -0.469 e. The van der Waals surface area contributed by atoms with Gasteiger partial charge in [-0.05, 0) is 68.0 Å². The van der Waals surface area contributed by atoms with E-state index in [1.165, 1.54) is 24.8 Å². The van der Waals surface area contributed by atoms with Crippen molar-refractivity contribution in [3.8, 4) is 0 Å². The van der Waals surface area contributed by atoms with E-state index in [0.717, 1.165) is 44.4 Å². The molecule has 1 amide bonds. The summed E-state index contributed by atoms with van der Waals surface area (Å²) in [5.74, 6) is 2.62. The maximum absolute atomic E-state index is 12.5. The van der Waals surface area contributed by atoms with Gasteiger partial charge in [-0.15, -0.1) is 0 Å². The van der Waals surface area contributed by atoms with E-state index in [0.29, 0.717) is 18.8 Å². The highest BCUT2D eigenvalue weighted by Crippen LogP contribution is 2.32. The fraction of sp³-hybridized carbons (Fsp3) is 0.545. The van der Waals surface area contributed by atoms with Gasteiger partial charge in [0, 0.05) is 44.9 Å². The molecule has 0 bridgehead atoms. The lowest BCUT2D eigenvalue weighted by Gasteiger charge is -2.34. The quantitative estimate of drug-likeness (QED) is 0.785. The molecular weight excluding hydrogens is 338 g/mol. The fourth-order valence-electron chi connectivity index (χ4n) is 4.57. The summed E-state index contributed by atoms with van der Waals surface area (Å²) in [5, 5.41) is 0. The fourth-order valence-corrected chi connectivity index (χ4v) is 4.57. The van der Waals surface area contributed by atoms with Gasteiger partial charge in [0.05, 0.1) is 6.26 Å². The largest absolute Gasteiger partial charge is 0.469 e. The molecule has 5 heteroatoms. The summed E-state index contributed by atoms with van der Waals surface area (Å²) in [7, 11) is 0. The number of hydrogen-bond acceptors (Lipinski definition) is 4. The van der Waals surface area contributed by atoms with Gasteiger partial charge in [0.15, 0.2) is 0 Å². The average Bonchev–Trinajstić information content (AvgIpc) is 3.40. The Morgan fingerprint density at radius 1 is 1.11 bits per heavy atom. The highest BCUT2D eigenvalue weighted by atomic mass is 16.3. The molecule has 4 heterocycles. The Kier molecular flexibility index (Phi) is 5.87. The molecule has 0 unspecified atom stereocenters. The summed E-state index contributed by atoms with van der Waals surface area (Å²) >= 11 is 0. The molecule has 2 saturated heterocycles. The van der Waals surface area contributed by atoms with Gasteiger partial charge in [-0.2, -0.15) is 0 Å². The van der Waals surface area contributed by atoms with Gasteiger partial charge in [0.2, 0.25) is 5.91 Å². The highest BCUT2D eigenvalue weighted by molar-refractivity contribution is 5.76. The number of nitrogens with zero attached hydrogens (tertiary/aromatic N) is 3. The normalized spacial score (nSPS) is 21.6. The van der Waals surface area contributed by atoms with Crippen LogP contribution in [0.5, 0.6) is 0 Å². The maximum atomic E-state index is 12.5. The predicted octanol–water partition coefficient (Wildman–Crippen LogP) is 3.37. The van der Waals surface area contributed by atoms with Gasteiger partial charge in [0.1, 0.15) is 5.76 Å². The molecule has 2 aliphatic heterocycles. The van der Waals surface area contributed by atoms with Crippen molar-refractivity contribution < 1.29 is 9.21 Å². The van der Waals surface area contributed by atoms with Crippen molar-refractivity contribution in [2.45, 2.75) is 38.6 Å². The van der Waals surface area contributed by atoms with Gasteiger partial charge >= 0.3 is 0 Å². The standard InChI is InChI=1S/C22H29N3O2/c26-22(6-5-21-4-2-14-27-21)25-13-9-20(17-25)19-7-11-24(12-8-19)16-18-3-1-10-23-15-18/h1-4,10,14-15,19-20H,5-9,11-13,16-17H2/t20-/m1/s1. The van der Waals surface area contributed by atoms with Crippen LogP contribution < -0.4 is 0 Å². The number of pyridine rings is 1. The van der Waals surface area contributed by atoms with Crippen LogP contribution in [0, 0.1) is 11.8 Å². The molecule has 2 aromatic rings. The van der Waals surface area contributed by atoms with Gasteiger partial charge in [-0.3, -0.25) is 14.7 Å². The van der Waals surface area contributed by atoms with E-state index < -0.39 is 0 Å². The summed E-state index contributed by atoms with van der Waals surface area (Å²) in [6.07, 6.45) is 10.4. The van der Waals surface area contributed by atoms with E-state index in [9.17, 15) is 4.79 Å². The topological polar surface area (TPSA) is 49.6 Å². The summed E-state index contributed by atoms with van der Waals surface area (Å²) < 4.78 is 5.34. The van der Waals surface area contributed by atoms with Gasteiger partial charge in [-0.1, -0.05) is 6.07 Å². The van der Waals surface area contributed by atoms with Crippen LogP contribution in [-0.2, 0) is 17.8 Å². The molecule has 2 aliphatic rings. The van der Waals surface area contributed by atoms with Crippen molar-refractivity contribution >= 4 is 5.91 Å². The second-order valence-electron chi connectivity index (χ2n) is 7.94. The number of aryl methyl sites for hydroxylation is 1. The summed E-state index contributed by atoms with van der Waals surface area (Å²) in [5.41, 5.74) is 1.30. The second kappa shape index (κ2) is 8.70. The Bertz CT molecular complexity index is 708. The first kappa shape index (κ1) is 18.2. The number of carbonyl (C=O) groups is 1. The van der Waals surface area contributed by atoms with Crippen LogP contribution in [0.1, 0.15) is 37.0 Å². The van der Waals surface area contributed by atoms with E-state index in [4.69, 9.17) is 4.42 Å². The van der Waals surface area contributed by atoms with Crippen LogP contribution in [0.3, 0.4) is 0 Å². The Balaban J connectivity index is 1.20. The minimum absolute atomic E-state index is 0.280.